The Kier molecular flexibility index (Phi) is 5.40. The van der Waals surface area contributed by atoms with Crippen molar-refractivity contribution >= 4 is 22.4 Å². The van der Waals surface area contributed by atoms with E-state index in [2.05, 4.69) is 14.7 Å². The van der Waals surface area contributed by atoms with Crippen LogP contribution in [-0.4, -0.2) is 29.2 Å². The minimum atomic E-state index is -0.356. The standard InChI is InChI=1S/C16H20FN3O2S/c1-21-9-8-15-19-16(23-20-15)18-11-6-7-14(13(17)10-11)22-12-4-2-3-5-12/h6-7,10,12H,2-5,8-9H2,1H3,(H,18,19,20). The fourth-order valence-electron chi connectivity index (χ4n) is 2.58. The van der Waals surface area contributed by atoms with Gasteiger partial charge in [-0.3, -0.25) is 0 Å². The van der Waals surface area contributed by atoms with Gasteiger partial charge in [0, 0.05) is 36.8 Å². The Hall–Kier alpha value is -1.73. The van der Waals surface area contributed by atoms with Gasteiger partial charge in [-0.1, -0.05) is 0 Å². The van der Waals surface area contributed by atoms with E-state index in [-0.39, 0.29) is 11.9 Å². The van der Waals surface area contributed by atoms with E-state index in [0.717, 1.165) is 31.5 Å². The molecule has 1 fully saturated rings. The van der Waals surface area contributed by atoms with Crippen molar-refractivity contribution < 1.29 is 13.9 Å². The molecule has 1 saturated carbocycles. The van der Waals surface area contributed by atoms with E-state index in [0.29, 0.717) is 29.6 Å². The van der Waals surface area contributed by atoms with E-state index in [1.165, 1.54) is 17.6 Å². The fraction of sp³-hybridized carbons (Fsp3) is 0.500. The molecule has 1 N–H and O–H groups in total. The lowest BCUT2D eigenvalue weighted by Gasteiger charge is -2.14. The van der Waals surface area contributed by atoms with E-state index in [9.17, 15) is 4.39 Å². The average molecular weight is 337 g/mol. The largest absolute Gasteiger partial charge is 0.487 e. The van der Waals surface area contributed by atoms with Crippen LogP contribution in [0.5, 0.6) is 5.75 Å². The molecule has 0 radical (unpaired) electrons. The highest BCUT2D eigenvalue weighted by molar-refractivity contribution is 7.09. The van der Waals surface area contributed by atoms with Gasteiger partial charge in [0.25, 0.3) is 0 Å². The number of nitrogens with one attached hydrogen (secondary N) is 1. The molecule has 1 aliphatic rings. The number of ether oxygens (including phenoxy) is 2. The molecule has 2 aromatic rings. The number of rotatable bonds is 7. The molecule has 7 heteroatoms. The topological polar surface area (TPSA) is 56.3 Å². The molecule has 1 aromatic carbocycles. The number of benzene rings is 1. The van der Waals surface area contributed by atoms with Gasteiger partial charge in [-0.05, 0) is 37.8 Å². The molecule has 124 valence electrons. The number of hydrogen-bond acceptors (Lipinski definition) is 6. The summed E-state index contributed by atoms with van der Waals surface area (Å²) in [6.45, 7) is 0.581. The highest BCUT2D eigenvalue weighted by atomic mass is 32.1. The predicted molar refractivity (Wildman–Crippen MR) is 88.1 cm³/mol. The van der Waals surface area contributed by atoms with Gasteiger partial charge < -0.3 is 14.8 Å². The molecule has 0 unspecified atom stereocenters. The molecule has 1 aliphatic carbocycles. The maximum absolute atomic E-state index is 14.2. The summed E-state index contributed by atoms with van der Waals surface area (Å²) >= 11 is 1.25. The monoisotopic (exact) mass is 337 g/mol. The molecule has 0 atom stereocenters. The molecule has 0 spiro atoms. The lowest BCUT2D eigenvalue weighted by atomic mass is 10.2. The van der Waals surface area contributed by atoms with Crippen molar-refractivity contribution in [3.05, 3.63) is 29.8 Å². The Labute approximate surface area is 139 Å². The second-order valence-electron chi connectivity index (χ2n) is 5.55. The molecule has 0 saturated heterocycles. The number of halogens is 1. The molecule has 1 aromatic heterocycles. The van der Waals surface area contributed by atoms with Crippen molar-refractivity contribution in [3.8, 4) is 5.75 Å². The predicted octanol–water partition coefficient (Wildman–Crippen LogP) is 3.93. The SMILES string of the molecule is COCCc1nsc(Nc2ccc(OC3CCCC3)c(F)c2)n1. The van der Waals surface area contributed by atoms with Gasteiger partial charge in [-0.2, -0.15) is 4.37 Å². The third-order valence-electron chi connectivity index (χ3n) is 3.78. The second kappa shape index (κ2) is 7.70. The first-order chi connectivity index (χ1) is 11.2. The van der Waals surface area contributed by atoms with Crippen LogP contribution in [0.4, 0.5) is 15.2 Å². The number of aromatic nitrogens is 2. The Bertz CT molecular complexity index is 644. The van der Waals surface area contributed by atoms with Gasteiger partial charge in [0.2, 0.25) is 5.13 Å². The zero-order valence-electron chi connectivity index (χ0n) is 13.0. The average Bonchev–Trinajstić information content (AvgIpc) is 3.20. The molecule has 5 nitrogen and oxygen atoms in total. The third kappa shape index (κ3) is 4.39. The lowest BCUT2D eigenvalue weighted by molar-refractivity contribution is 0.200. The quantitative estimate of drug-likeness (QED) is 0.829. The fourth-order valence-corrected chi connectivity index (χ4v) is 3.22. The van der Waals surface area contributed by atoms with Gasteiger partial charge in [0.15, 0.2) is 11.6 Å². The van der Waals surface area contributed by atoms with Crippen molar-refractivity contribution in [2.75, 3.05) is 19.0 Å². The summed E-state index contributed by atoms with van der Waals surface area (Å²) in [5.41, 5.74) is 0.635. The molecule has 1 heterocycles. The third-order valence-corrected chi connectivity index (χ3v) is 4.45. The van der Waals surface area contributed by atoms with Crippen LogP contribution in [0, 0.1) is 5.82 Å². The summed E-state index contributed by atoms with van der Waals surface area (Å²) in [5, 5.41) is 3.71. The van der Waals surface area contributed by atoms with E-state index in [1.807, 2.05) is 0 Å². The smallest absolute Gasteiger partial charge is 0.207 e. The minimum Gasteiger partial charge on any atom is -0.487 e. The van der Waals surface area contributed by atoms with Gasteiger partial charge in [0.05, 0.1) is 12.7 Å². The molecule has 0 amide bonds. The Morgan fingerprint density at radius 1 is 1.35 bits per heavy atom. The van der Waals surface area contributed by atoms with E-state index in [1.54, 1.807) is 19.2 Å². The van der Waals surface area contributed by atoms with Crippen LogP contribution in [-0.2, 0) is 11.2 Å². The normalized spacial score (nSPS) is 15.0. The van der Waals surface area contributed by atoms with Crippen LogP contribution < -0.4 is 10.1 Å². The van der Waals surface area contributed by atoms with Crippen LogP contribution >= 0.6 is 11.5 Å². The zero-order chi connectivity index (χ0) is 16.1. The van der Waals surface area contributed by atoms with Crippen molar-refractivity contribution in [1.82, 2.24) is 9.36 Å². The number of hydrogen-bond donors (Lipinski definition) is 1. The van der Waals surface area contributed by atoms with Crippen molar-refractivity contribution in [2.45, 2.75) is 38.2 Å². The van der Waals surface area contributed by atoms with Crippen molar-refractivity contribution in [1.29, 1.82) is 0 Å². The van der Waals surface area contributed by atoms with Crippen LogP contribution in [0.25, 0.3) is 0 Å². The van der Waals surface area contributed by atoms with E-state index in [4.69, 9.17) is 9.47 Å². The summed E-state index contributed by atoms with van der Waals surface area (Å²) in [4.78, 5) is 4.34. The van der Waals surface area contributed by atoms with Gasteiger partial charge in [0.1, 0.15) is 5.82 Å². The molecular formula is C16H20FN3O2S. The molecule has 0 aliphatic heterocycles. The molecule has 23 heavy (non-hydrogen) atoms. The van der Waals surface area contributed by atoms with Crippen molar-refractivity contribution in [3.63, 3.8) is 0 Å². The lowest BCUT2D eigenvalue weighted by Crippen LogP contribution is -2.11. The summed E-state index contributed by atoms with van der Waals surface area (Å²) in [7, 11) is 1.64. The minimum absolute atomic E-state index is 0.148. The summed E-state index contributed by atoms with van der Waals surface area (Å²) in [6, 6.07) is 4.90. The highest BCUT2D eigenvalue weighted by Gasteiger charge is 2.18. The van der Waals surface area contributed by atoms with Crippen LogP contribution in [0.2, 0.25) is 0 Å². The maximum atomic E-state index is 14.2. The van der Waals surface area contributed by atoms with E-state index < -0.39 is 0 Å². The highest BCUT2D eigenvalue weighted by Crippen LogP contribution is 2.28. The maximum Gasteiger partial charge on any atom is 0.207 e. The second-order valence-corrected chi connectivity index (χ2v) is 6.30. The Morgan fingerprint density at radius 2 is 2.17 bits per heavy atom. The first-order valence-corrected chi connectivity index (χ1v) is 8.56. The van der Waals surface area contributed by atoms with Crippen molar-refractivity contribution in [2.24, 2.45) is 0 Å². The number of methoxy groups -OCH3 is 1. The van der Waals surface area contributed by atoms with Crippen LogP contribution in [0.1, 0.15) is 31.5 Å². The molecular weight excluding hydrogens is 317 g/mol. The first-order valence-electron chi connectivity index (χ1n) is 7.79. The number of anilines is 2. The van der Waals surface area contributed by atoms with Gasteiger partial charge in [-0.15, -0.1) is 0 Å². The Morgan fingerprint density at radius 3 is 2.91 bits per heavy atom. The summed E-state index contributed by atoms with van der Waals surface area (Å²) < 4.78 is 29.1. The van der Waals surface area contributed by atoms with Gasteiger partial charge in [-0.25, -0.2) is 9.37 Å². The van der Waals surface area contributed by atoms with Gasteiger partial charge >= 0.3 is 0 Å². The Balaban J connectivity index is 1.61. The van der Waals surface area contributed by atoms with Crippen LogP contribution in [0.3, 0.4) is 0 Å². The van der Waals surface area contributed by atoms with Crippen LogP contribution in [0.15, 0.2) is 18.2 Å². The summed E-state index contributed by atoms with van der Waals surface area (Å²) in [5.74, 6) is 0.688. The molecule has 3 rings (SSSR count). The van der Waals surface area contributed by atoms with E-state index >= 15 is 0 Å². The number of nitrogens with zero attached hydrogens (tertiary/aromatic N) is 2. The zero-order valence-corrected chi connectivity index (χ0v) is 13.9. The summed E-state index contributed by atoms with van der Waals surface area (Å²) in [6.07, 6.45) is 5.15. The molecule has 0 bridgehead atoms. The first kappa shape index (κ1) is 16.1.